The molecule has 0 fully saturated rings. The Morgan fingerprint density at radius 2 is 2.00 bits per heavy atom. The molecule has 7 heteroatoms. The van der Waals surface area contributed by atoms with Crippen LogP contribution in [0.2, 0.25) is 0 Å². The van der Waals surface area contributed by atoms with Crippen LogP contribution < -0.4 is 5.43 Å². The van der Waals surface area contributed by atoms with Gasteiger partial charge in [0.25, 0.3) is 5.91 Å². The van der Waals surface area contributed by atoms with E-state index in [0.717, 1.165) is 21.4 Å². The maximum Gasteiger partial charge on any atom is 0.250 e. The van der Waals surface area contributed by atoms with Crippen LogP contribution in [0.5, 0.6) is 0 Å². The van der Waals surface area contributed by atoms with E-state index in [-0.39, 0.29) is 11.7 Å². The highest BCUT2D eigenvalue weighted by Gasteiger charge is 2.05. The van der Waals surface area contributed by atoms with Crippen molar-refractivity contribution in [2.75, 3.05) is 5.75 Å². The quantitative estimate of drug-likeness (QED) is 0.375. The van der Waals surface area contributed by atoms with Gasteiger partial charge in [0.1, 0.15) is 0 Å². The van der Waals surface area contributed by atoms with Crippen LogP contribution in [0.1, 0.15) is 17.0 Å². The molecule has 1 aromatic heterocycles. The first-order chi connectivity index (χ1) is 10.5. The second kappa shape index (κ2) is 8.05. The molecule has 0 radical (unpaired) electrons. The van der Waals surface area contributed by atoms with Crippen molar-refractivity contribution < 1.29 is 4.79 Å². The molecule has 0 aliphatic rings. The van der Waals surface area contributed by atoms with E-state index in [1.807, 2.05) is 44.2 Å². The summed E-state index contributed by atoms with van der Waals surface area (Å²) in [7, 11) is 0. The Bertz CT molecular complexity index is 685. The molecule has 0 saturated heterocycles. The first kappa shape index (κ1) is 16.6. The first-order valence-electron chi connectivity index (χ1n) is 6.56. The van der Waals surface area contributed by atoms with Crippen LogP contribution in [0.3, 0.4) is 0 Å². The lowest BCUT2D eigenvalue weighted by Gasteiger charge is -2.02. The van der Waals surface area contributed by atoms with Crippen molar-refractivity contribution in [2.24, 2.45) is 5.10 Å². The zero-order chi connectivity index (χ0) is 15.9. The number of aryl methyl sites for hydroxylation is 2. The van der Waals surface area contributed by atoms with Crippen molar-refractivity contribution in [1.82, 2.24) is 15.4 Å². The Labute approximate surface area is 141 Å². The van der Waals surface area contributed by atoms with E-state index in [4.69, 9.17) is 0 Å². The van der Waals surface area contributed by atoms with E-state index in [2.05, 4.69) is 36.4 Å². The minimum atomic E-state index is -0.198. The minimum Gasteiger partial charge on any atom is -0.272 e. The van der Waals surface area contributed by atoms with Gasteiger partial charge >= 0.3 is 0 Å². The average molecular weight is 379 g/mol. The van der Waals surface area contributed by atoms with Gasteiger partial charge in [-0.3, -0.25) is 4.79 Å². The third-order valence-corrected chi connectivity index (χ3v) is 4.16. The standard InChI is InChI=1S/C15H15BrN4OS/c1-10-7-11(2)19-15(18-10)22-9-14(21)20-17-8-12-5-3-4-6-13(12)16/h3-8H,9H2,1-2H3,(H,20,21). The Hall–Kier alpha value is -1.73. The largest absolute Gasteiger partial charge is 0.272 e. The van der Waals surface area contributed by atoms with Crippen molar-refractivity contribution in [3.63, 3.8) is 0 Å². The summed E-state index contributed by atoms with van der Waals surface area (Å²) in [4.78, 5) is 20.3. The number of benzene rings is 1. The Morgan fingerprint density at radius 1 is 1.32 bits per heavy atom. The molecule has 1 amide bonds. The van der Waals surface area contributed by atoms with Gasteiger partial charge in [0.2, 0.25) is 0 Å². The molecule has 22 heavy (non-hydrogen) atoms. The summed E-state index contributed by atoms with van der Waals surface area (Å²) in [6.07, 6.45) is 1.60. The van der Waals surface area contributed by atoms with Gasteiger partial charge in [-0.25, -0.2) is 15.4 Å². The van der Waals surface area contributed by atoms with Gasteiger partial charge in [-0.15, -0.1) is 0 Å². The zero-order valence-corrected chi connectivity index (χ0v) is 14.6. The molecule has 1 N–H and O–H groups in total. The lowest BCUT2D eigenvalue weighted by Crippen LogP contribution is -2.19. The van der Waals surface area contributed by atoms with Crippen LogP contribution in [0.15, 0.2) is 45.1 Å². The third-order valence-electron chi connectivity index (χ3n) is 2.59. The smallest absolute Gasteiger partial charge is 0.250 e. The van der Waals surface area contributed by atoms with E-state index in [1.165, 1.54) is 11.8 Å². The highest BCUT2D eigenvalue weighted by molar-refractivity contribution is 9.10. The molecule has 2 rings (SSSR count). The monoisotopic (exact) mass is 378 g/mol. The van der Waals surface area contributed by atoms with E-state index in [9.17, 15) is 4.79 Å². The van der Waals surface area contributed by atoms with E-state index in [0.29, 0.717) is 5.16 Å². The average Bonchev–Trinajstić information content (AvgIpc) is 2.46. The number of carbonyl (C=O) groups is 1. The fraction of sp³-hybridized carbons (Fsp3) is 0.200. The van der Waals surface area contributed by atoms with Crippen molar-refractivity contribution in [2.45, 2.75) is 19.0 Å². The maximum absolute atomic E-state index is 11.7. The molecule has 0 aliphatic heterocycles. The Balaban J connectivity index is 1.84. The number of hydrazone groups is 1. The fourth-order valence-electron chi connectivity index (χ4n) is 1.67. The topological polar surface area (TPSA) is 67.2 Å². The number of amides is 1. The van der Waals surface area contributed by atoms with Crippen LogP contribution in [-0.4, -0.2) is 27.8 Å². The van der Waals surface area contributed by atoms with Crippen LogP contribution >= 0.6 is 27.7 Å². The SMILES string of the molecule is Cc1cc(C)nc(SCC(=O)NN=Cc2ccccc2Br)n1. The fourth-order valence-corrected chi connectivity index (χ4v) is 2.80. The maximum atomic E-state index is 11.7. The molecule has 1 aromatic carbocycles. The number of hydrogen-bond acceptors (Lipinski definition) is 5. The molecule has 0 bridgehead atoms. The summed E-state index contributed by atoms with van der Waals surface area (Å²) in [5.41, 5.74) is 5.17. The number of nitrogens with zero attached hydrogens (tertiary/aromatic N) is 3. The summed E-state index contributed by atoms with van der Waals surface area (Å²) in [5, 5.41) is 4.54. The number of carbonyl (C=O) groups excluding carboxylic acids is 1. The van der Waals surface area contributed by atoms with Crippen LogP contribution in [0, 0.1) is 13.8 Å². The summed E-state index contributed by atoms with van der Waals surface area (Å²) in [6, 6.07) is 9.53. The normalized spacial score (nSPS) is 10.9. The van der Waals surface area contributed by atoms with Crippen molar-refractivity contribution in [3.8, 4) is 0 Å². The summed E-state index contributed by atoms with van der Waals surface area (Å²) >= 11 is 4.70. The second-order valence-corrected chi connectivity index (χ2v) is 6.33. The summed E-state index contributed by atoms with van der Waals surface area (Å²) < 4.78 is 0.922. The zero-order valence-electron chi connectivity index (χ0n) is 12.2. The van der Waals surface area contributed by atoms with Gasteiger partial charge in [0, 0.05) is 21.4 Å². The second-order valence-electron chi connectivity index (χ2n) is 4.54. The van der Waals surface area contributed by atoms with Gasteiger partial charge in [-0.2, -0.15) is 5.10 Å². The van der Waals surface area contributed by atoms with Gasteiger partial charge < -0.3 is 0 Å². The van der Waals surface area contributed by atoms with Crippen LogP contribution in [0.4, 0.5) is 0 Å². The van der Waals surface area contributed by atoms with Crippen molar-refractivity contribution in [1.29, 1.82) is 0 Å². The molecule has 114 valence electrons. The molecule has 0 unspecified atom stereocenters. The molecule has 5 nitrogen and oxygen atoms in total. The predicted molar refractivity (Wildman–Crippen MR) is 92.1 cm³/mol. The number of thioether (sulfide) groups is 1. The first-order valence-corrected chi connectivity index (χ1v) is 8.34. The van der Waals surface area contributed by atoms with Crippen molar-refractivity contribution in [3.05, 3.63) is 51.8 Å². The molecule has 0 aliphatic carbocycles. The summed E-state index contributed by atoms with van der Waals surface area (Å²) in [5.74, 6) is 0.0204. The highest BCUT2D eigenvalue weighted by Crippen LogP contribution is 2.14. The molecule has 2 aromatic rings. The lowest BCUT2D eigenvalue weighted by atomic mass is 10.2. The van der Waals surface area contributed by atoms with E-state index in [1.54, 1.807) is 6.21 Å². The molecule has 0 saturated carbocycles. The van der Waals surface area contributed by atoms with E-state index < -0.39 is 0 Å². The van der Waals surface area contributed by atoms with Gasteiger partial charge in [0.15, 0.2) is 5.16 Å². The number of nitrogens with one attached hydrogen (secondary N) is 1. The van der Waals surface area contributed by atoms with Gasteiger partial charge in [-0.05, 0) is 26.0 Å². The van der Waals surface area contributed by atoms with Crippen LogP contribution in [-0.2, 0) is 4.79 Å². The molecular formula is C15H15BrN4OS. The highest BCUT2D eigenvalue weighted by atomic mass is 79.9. The number of hydrogen-bond donors (Lipinski definition) is 1. The lowest BCUT2D eigenvalue weighted by molar-refractivity contribution is -0.118. The number of rotatable bonds is 5. The third kappa shape index (κ3) is 5.23. The number of aromatic nitrogens is 2. The molecule has 1 heterocycles. The van der Waals surface area contributed by atoms with Gasteiger partial charge in [-0.1, -0.05) is 45.9 Å². The van der Waals surface area contributed by atoms with E-state index >= 15 is 0 Å². The molecule has 0 spiro atoms. The van der Waals surface area contributed by atoms with Gasteiger partial charge in [0.05, 0.1) is 12.0 Å². The Kier molecular flexibility index (Phi) is 6.09. The minimum absolute atomic E-state index is 0.198. The molecular weight excluding hydrogens is 364 g/mol. The van der Waals surface area contributed by atoms with Crippen molar-refractivity contribution >= 4 is 39.8 Å². The molecule has 0 atom stereocenters. The number of halogens is 1. The summed E-state index contributed by atoms with van der Waals surface area (Å²) in [6.45, 7) is 3.81. The Morgan fingerprint density at radius 3 is 2.68 bits per heavy atom. The van der Waals surface area contributed by atoms with Crippen LogP contribution in [0.25, 0.3) is 0 Å². The predicted octanol–water partition coefficient (Wildman–Crippen LogP) is 3.10.